The second kappa shape index (κ2) is 3.57. The molecule has 0 saturated heterocycles. The first-order valence-electron chi connectivity index (χ1n) is 3.17. The van der Waals surface area contributed by atoms with Crippen LogP contribution >= 0.6 is 15.9 Å². The third-order valence-corrected chi connectivity index (χ3v) is 2.96. The van der Waals surface area contributed by atoms with Gasteiger partial charge in [-0.15, -0.1) is 0 Å². The molecule has 0 saturated carbocycles. The summed E-state index contributed by atoms with van der Waals surface area (Å²) in [7, 11) is -4.23. The lowest BCUT2D eigenvalue weighted by Crippen LogP contribution is -1.99. The van der Waals surface area contributed by atoms with Crippen molar-refractivity contribution < 1.29 is 17.8 Å². The van der Waals surface area contributed by atoms with Crippen LogP contribution in [0.5, 0.6) is 0 Å². The average molecular weight is 265 g/mol. The fourth-order valence-electron chi connectivity index (χ4n) is 0.773. The van der Waals surface area contributed by atoms with Gasteiger partial charge in [0.2, 0.25) is 0 Å². The zero-order valence-electron chi connectivity index (χ0n) is 6.27. The maximum Gasteiger partial charge on any atom is 0.294 e. The van der Waals surface area contributed by atoms with E-state index in [9.17, 15) is 13.2 Å². The second-order valence-electron chi connectivity index (χ2n) is 2.28. The van der Waals surface area contributed by atoms with E-state index in [1.807, 2.05) is 0 Å². The molecule has 0 aliphatic heterocycles. The number of aldehydes is 1. The van der Waals surface area contributed by atoms with Crippen molar-refractivity contribution in [3.8, 4) is 0 Å². The van der Waals surface area contributed by atoms with Crippen LogP contribution in [0.3, 0.4) is 0 Å². The van der Waals surface area contributed by atoms with Gasteiger partial charge in [0.05, 0.1) is 4.90 Å². The molecule has 1 aromatic rings. The van der Waals surface area contributed by atoms with E-state index in [1.165, 1.54) is 12.1 Å². The van der Waals surface area contributed by atoms with Crippen molar-refractivity contribution in [1.82, 2.24) is 0 Å². The zero-order valence-corrected chi connectivity index (χ0v) is 8.67. The summed E-state index contributed by atoms with van der Waals surface area (Å²) in [6.45, 7) is 0. The first-order valence-corrected chi connectivity index (χ1v) is 5.40. The number of rotatable bonds is 2. The molecule has 1 aromatic carbocycles. The molecule has 0 fully saturated rings. The Labute approximate surface area is 83.5 Å². The van der Waals surface area contributed by atoms with Gasteiger partial charge in [0.25, 0.3) is 10.1 Å². The SMILES string of the molecule is O=Cc1cc(S(=O)(=O)O)ccc1Br. The van der Waals surface area contributed by atoms with E-state index in [-0.39, 0.29) is 10.5 Å². The maximum atomic E-state index is 10.6. The minimum atomic E-state index is -4.23. The third-order valence-electron chi connectivity index (χ3n) is 1.39. The first-order chi connectivity index (χ1) is 5.95. The van der Waals surface area contributed by atoms with Crippen molar-refractivity contribution in [3.63, 3.8) is 0 Å². The number of hydrogen-bond donors (Lipinski definition) is 1. The molecule has 70 valence electrons. The Hall–Kier alpha value is -0.720. The number of hydrogen-bond acceptors (Lipinski definition) is 3. The summed E-state index contributed by atoms with van der Waals surface area (Å²) in [5, 5.41) is 0. The van der Waals surface area contributed by atoms with Gasteiger partial charge < -0.3 is 0 Å². The van der Waals surface area contributed by atoms with Crippen molar-refractivity contribution in [2.45, 2.75) is 4.90 Å². The second-order valence-corrected chi connectivity index (χ2v) is 4.55. The molecule has 4 nitrogen and oxygen atoms in total. The topological polar surface area (TPSA) is 71.4 Å². The van der Waals surface area contributed by atoms with Gasteiger partial charge in [-0.3, -0.25) is 9.35 Å². The molecule has 0 bridgehead atoms. The van der Waals surface area contributed by atoms with Gasteiger partial charge >= 0.3 is 0 Å². The molecule has 6 heteroatoms. The molecule has 0 aliphatic rings. The van der Waals surface area contributed by atoms with Crippen molar-refractivity contribution in [2.75, 3.05) is 0 Å². The summed E-state index contributed by atoms with van der Waals surface area (Å²) in [6, 6.07) is 3.67. The predicted molar refractivity (Wildman–Crippen MR) is 49.3 cm³/mol. The highest BCUT2D eigenvalue weighted by Gasteiger charge is 2.11. The van der Waals surface area contributed by atoms with Crippen LogP contribution in [0.25, 0.3) is 0 Å². The summed E-state index contributed by atoms with van der Waals surface area (Å²) < 4.78 is 30.4. The van der Waals surface area contributed by atoms with E-state index < -0.39 is 10.1 Å². The van der Waals surface area contributed by atoms with Crippen LogP contribution in [0.15, 0.2) is 27.6 Å². The Morgan fingerprint density at radius 3 is 2.46 bits per heavy atom. The number of halogens is 1. The largest absolute Gasteiger partial charge is 0.298 e. The van der Waals surface area contributed by atoms with Crippen LogP contribution in [-0.2, 0) is 10.1 Å². The molecule has 0 heterocycles. The fourth-order valence-corrected chi connectivity index (χ4v) is 1.63. The molecule has 1 N–H and O–H groups in total. The lowest BCUT2D eigenvalue weighted by molar-refractivity contribution is 0.112. The average Bonchev–Trinajstić information content (AvgIpc) is 2.03. The minimum Gasteiger partial charge on any atom is -0.298 e. The van der Waals surface area contributed by atoms with E-state index in [0.29, 0.717) is 10.8 Å². The zero-order chi connectivity index (χ0) is 10.1. The summed E-state index contributed by atoms with van der Waals surface area (Å²) >= 11 is 3.05. The van der Waals surface area contributed by atoms with Crippen molar-refractivity contribution in [3.05, 3.63) is 28.2 Å². The molecule has 0 aromatic heterocycles. The molecular formula is C7H5BrO4S. The lowest BCUT2D eigenvalue weighted by Gasteiger charge is -1.99. The van der Waals surface area contributed by atoms with Gasteiger partial charge in [-0.1, -0.05) is 15.9 Å². The van der Waals surface area contributed by atoms with Crippen molar-refractivity contribution in [1.29, 1.82) is 0 Å². The molecule has 0 amide bonds. The van der Waals surface area contributed by atoms with Gasteiger partial charge in [-0.05, 0) is 18.2 Å². The van der Waals surface area contributed by atoms with Crippen LogP contribution in [0.4, 0.5) is 0 Å². The van der Waals surface area contributed by atoms with Gasteiger partial charge in [0, 0.05) is 10.0 Å². The highest BCUT2D eigenvalue weighted by molar-refractivity contribution is 9.10. The van der Waals surface area contributed by atoms with Gasteiger partial charge in [0.15, 0.2) is 6.29 Å². The van der Waals surface area contributed by atoms with Crippen LogP contribution in [0, 0.1) is 0 Å². The lowest BCUT2D eigenvalue weighted by atomic mass is 10.2. The highest BCUT2D eigenvalue weighted by atomic mass is 79.9. The van der Waals surface area contributed by atoms with E-state index in [1.54, 1.807) is 0 Å². The van der Waals surface area contributed by atoms with Crippen molar-refractivity contribution >= 4 is 32.3 Å². The molecule has 0 radical (unpaired) electrons. The van der Waals surface area contributed by atoms with Crippen LogP contribution < -0.4 is 0 Å². The van der Waals surface area contributed by atoms with Crippen LogP contribution in [0.1, 0.15) is 10.4 Å². The quantitative estimate of drug-likeness (QED) is 0.649. The van der Waals surface area contributed by atoms with Crippen LogP contribution in [0.2, 0.25) is 0 Å². The molecule has 0 spiro atoms. The normalized spacial score (nSPS) is 11.2. The van der Waals surface area contributed by atoms with Gasteiger partial charge in [-0.25, -0.2) is 0 Å². The molecule has 0 aliphatic carbocycles. The van der Waals surface area contributed by atoms with Crippen LogP contribution in [-0.4, -0.2) is 19.3 Å². The smallest absolute Gasteiger partial charge is 0.294 e. The highest BCUT2D eigenvalue weighted by Crippen LogP contribution is 2.19. The molecular weight excluding hydrogens is 260 g/mol. The summed E-state index contributed by atoms with van der Waals surface area (Å²) in [6.07, 6.45) is 0.499. The summed E-state index contributed by atoms with van der Waals surface area (Å²) in [5.74, 6) is 0. The predicted octanol–water partition coefficient (Wildman–Crippen LogP) is 1.51. The molecule has 0 atom stereocenters. The Kier molecular flexibility index (Phi) is 2.84. The fraction of sp³-hybridized carbons (Fsp3) is 0. The van der Waals surface area contributed by atoms with E-state index in [2.05, 4.69) is 15.9 Å². The molecule has 1 rings (SSSR count). The standard InChI is InChI=1S/C7H5BrO4S/c8-7-2-1-6(13(10,11)12)3-5(7)4-9/h1-4H,(H,10,11,12). The number of carbonyl (C=O) groups is 1. The van der Waals surface area contributed by atoms with E-state index in [4.69, 9.17) is 4.55 Å². The number of benzene rings is 1. The minimum absolute atomic E-state index is 0.176. The van der Waals surface area contributed by atoms with E-state index in [0.717, 1.165) is 6.07 Å². The van der Waals surface area contributed by atoms with E-state index >= 15 is 0 Å². The first kappa shape index (κ1) is 10.4. The van der Waals surface area contributed by atoms with Gasteiger partial charge in [0.1, 0.15) is 0 Å². The third kappa shape index (κ3) is 2.36. The number of carbonyl (C=O) groups excluding carboxylic acids is 1. The van der Waals surface area contributed by atoms with Crippen molar-refractivity contribution in [2.24, 2.45) is 0 Å². The Morgan fingerprint density at radius 2 is 2.00 bits per heavy atom. The molecule has 13 heavy (non-hydrogen) atoms. The Morgan fingerprint density at radius 1 is 1.38 bits per heavy atom. The summed E-state index contributed by atoms with van der Waals surface area (Å²) in [4.78, 5) is 10.1. The summed E-state index contributed by atoms with van der Waals surface area (Å²) in [5.41, 5.74) is 0.176. The monoisotopic (exact) mass is 264 g/mol. The Balaban J connectivity index is 3.38. The molecule has 0 unspecified atom stereocenters. The maximum absolute atomic E-state index is 10.6. The van der Waals surface area contributed by atoms with Gasteiger partial charge in [-0.2, -0.15) is 8.42 Å². The Bertz CT molecular complexity index is 438.